The molecule has 9 heteroatoms. The summed E-state index contributed by atoms with van der Waals surface area (Å²) >= 11 is 0. The number of carbonyl (C=O) groups excluding carboxylic acids is 2. The van der Waals surface area contributed by atoms with E-state index < -0.39 is 0 Å². The van der Waals surface area contributed by atoms with E-state index in [4.69, 9.17) is 28.4 Å². The number of unbranched alkanes of at least 4 members (excludes halogenated alkanes) is 36. The molecule has 0 saturated heterocycles. The Labute approximate surface area is 517 Å². The minimum atomic E-state index is -0.376. The number of fused-ring (bicyclic) bond motifs is 1. The van der Waals surface area contributed by atoms with Gasteiger partial charge in [0.2, 0.25) is 0 Å². The van der Waals surface area contributed by atoms with Crippen LogP contribution in [-0.4, -0.2) is 38.2 Å². The molecular weight excluding hydrogens is 1050 g/mol. The highest BCUT2D eigenvalue weighted by atomic mass is 16.5. The molecule has 0 atom stereocenters. The fourth-order valence-electron chi connectivity index (χ4n) is 11.4. The van der Waals surface area contributed by atoms with E-state index in [9.17, 15) is 9.59 Å². The smallest absolute Gasteiger partial charge is 0.266 e. The number of rotatable bonds is 55. The van der Waals surface area contributed by atoms with Crippen LogP contribution in [0.2, 0.25) is 0 Å². The summed E-state index contributed by atoms with van der Waals surface area (Å²) in [5.74, 6) is 3.17. The molecule has 2 amide bonds. The molecule has 0 saturated carbocycles. The summed E-state index contributed by atoms with van der Waals surface area (Å²) in [6.07, 6.45) is 50.8. The minimum absolute atomic E-state index is 0.221. The van der Waals surface area contributed by atoms with E-state index in [-0.39, 0.29) is 25.0 Å². The Kier molecular flexibility index (Phi) is 38.2. The highest BCUT2D eigenvalue weighted by Crippen LogP contribution is 2.37. The van der Waals surface area contributed by atoms with Crippen molar-refractivity contribution in [2.75, 3.05) is 31.3 Å². The highest BCUT2D eigenvalue weighted by molar-refractivity contribution is 6.34. The number of amides is 2. The number of hydrogen-bond acceptors (Lipinski definition) is 8. The van der Waals surface area contributed by atoms with Crippen molar-refractivity contribution in [3.63, 3.8) is 0 Å². The van der Waals surface area contributed by atoms with E-state index in [1.54, 1.807) is 36.4 Å². The summed E-state index contributed by atoms with van der Waals surface area (Å²) in [5.41, 5.74) is 2.97. The summed E-state index contributed by atoms with van der Waals surface area (Å²) in [7, 11) is 0. The molecule has 1 heterocycles. The van der Waals surface area contributed by atoms with Crippen LogP contribution in [0.1, 0.15) is 316 Å². The van der Waals surface area contributed by atoms with Gasteiger partial charge >= 0.3 is 0 Å². The number of nitrogens with zero attached hydrogens (tertiary/aromatic N) is 1. The van der Waals surface area contributed by atoms with E-state index in [0.717, 1.165) is 85.5 Å². The van der Waals surface area contributed by atoms with Gasteiger partial charge in [0.05, 0.1) is 43.2 Å². The molecule has 85 heavy (non-hydrogen) atoms. The van der Waals surface area contributed by atoms with E-state index >= 15 is 0 Å². The average molecular weight is 1170 g/mol. The van der Waals surface area contributed by atoms with Gasteiger partial charge < -0.3 is 28.4 Å². The number of imide groups is 1. The maximum Gasteiger partial charge on any atom is 0.266 e. The Morgan fingerprint density at radius 3 is 0.847 bits per heavy atom. The van der Waals surface area contributed by atoms with Crippen LogP contribution >= 0.6 is 0 Å². The van der Waals surface area contributed by atoms with Crippen LogP contribution in [0.3, 0.4) is 0 Å². The molecular formula is C76H117NO8. The second kappa shape index (κ2) is 46.0. The van der Waals surface area contributed by atoms with Gasteiger partial charge in [-0.25, -0.2) is 4.90 Å². The predicted octanol–water partition coefficient (Wildman–Crippen LogP) is 22.8. The third kappa shape index (κ3) is 29.4. The molecule has 4 aromatic rings. The van der Waals surface area contributed by atoms with Crippen LogP contribution in [0, 0.1) is 0 Å². The topological polar surface area (TPSA) is 92.8 Å². The predicted molar refractivity (Wildman–Crippen MR) is 355 cm³/mol. The molecule has 0 spiro atoms. The molecule has 1 aliphatic rings. The van der Waals surface area contributed by atoms with E-state index in [1.165, 1.54) is 210 Å². The van der Waals surface area contributed by atoms with Crippen molar-refractivity contribution in [1.29, 1.82) is 0 Å². The summed E-state index contributed by atoms with van der Waals surface area (Å²) in [4.78, 5) is 29.1. The largest absolute Gasteiger partial charge is 0.490 e. The molecule has 5 rings (SSSR count). The summed E-state index contributed by atoms with van der Waals surface area (Å²) in [5, 5.41) is 0. The van der Waals surface area contributed by atoms with Crippen LogP contribution in [0.15, 0.2) is 78.9 Å². The molecule has 474 valence electrons. The van der Waals surface area contributed by atoms with Gasteiger partial charge in [0, 0.05) is 18.2 Å². The Hall–Kier alpha value is -5.18. The van der Waals surface area contributed by atoms with Crippen LogP contribution in [-0.2, 0) is 13.2 Å². The first-order valence-corrected chi connectivity index (χ1v) is 35.1. The normalized spacial score (nSPS) is 12.1. The molecule has 0 unspecified atom stereocenters. The van der Waals surface area contributed by atoms with Gasteiger partial charge in [-0.3, -0.25) is 9.59 Å². The SMILES string of the molecule is CCCCCCCCCCCCOc1ccc(COc2cc(OCc3ccc(OCCCCCCCCCCCC)c(OCCCCCCCCCCCC)c3)cc(N3C(=O)c4ccccc4C3=O)c2)cc1OCCCCCCCCCCCC. The number of ether oxygens (including phenoxy) is 6. The monoisotopic (exact) mass is 1170 g/mol. The van der Waals surface area contributed by atoms with Crippen molar-refractivity contribution in [3.05, 3.63) is 101 Å². The summed E-state index contributed by atoms with van der Waals surface area (Å²) in [6.45, 7) is 12.1. The molecule has 0 radical (unpaired) electrons. The molecule has 9 nitrogen and oxygen atoms in total. The Bertz CT molecular complexity index is 2210. The number of carbonyl (C=O) groups is 2. The van der Waals surface area contributed by atoms with Gasteiger partial charge in [0.1, 0.15) is 24.7 Å². The lowest BCUT2D eigenvalue weighted by Crippen LogP contribution is -2.29. The lowest BCUT2D eigenvalue weighted by atomic mass is 10.1. The average Bonchev–Trinajstić information content (AvgIpc) is 2.01. The van der Waals surface area contributed by atoms with E-state index in [0.29, 0.717) is 54.7 Å². The van der Waals surface area contributed by atoms with Crippen LogP contribution in [0.5, 0.6) is 34.5 Å². The second-order valence-electron chi connectivity index (χ2n) is 24.4. The zero-order valence-electron chi connectivity index (χ0n) is 54.2. The van der Waals surface area contributed by atoms with Gasteiger partial charge in [0.25, 0.3) is 11.8 Å². The van der Waals surface area contributed by atoms with Gasteiger partial charge in [-0.2, -0.15) is 0 Å². The summed E-state index contributed by atoms with van der Waals surface area (Å²) in [6, 6.07) is 24.5. The van der Waals surface area contributed by atoms with Crippen LogP contribution < -0.4 is 33.3 Å². The van der Waals surface area contributed by atoms with Crippen molar-refractivity contribution in [2.24, 2.45) is 0 Å². The van der Waals surface area contributed by atoms with Crippen LogP contribution in [0.4, 0.5) is 5.69 Å². The van der Waals surface area contributed by atoms with Gasteiger partial charge in [-0.1, -0.05) is 283 Å². The molecule has 0 N–H and O–H groups in total. The first kappa shape index (κ1) is 70.6. The van der Waals surface area contributed by atoms with Gasteiger partial charge in [-0.15, -0.1) is 0 Å². The first-order chi connectivity index (χ1) is 41.9. The lowest BCUT2D eigenvalue weighted by Gasteiger charge is -2.19. The van der Waals surface area contributed by atoms with Crippen molar-refractivity contribution >= 4 is 17.5 Å². The van der Waals surface area contributed by atoms with E-state index in [2.05, 4.69) is 27.7 Å². The fourth-order valence-corrected chi connectivity index (χ4v) is 11.4. The lowest BCUT2D eigenvalue weighted by molar-refractivity contribution is 0.0926. The molecule has 1 aliphatic heterocycles. The first-order valence-electron chi connectivity index (χ1n) is 35.1. The standard InChI is InChI=1S/C76H117NO8/c1-5-9-13-17-21-25-29-33-37-43-53-80-71-51-49-64(57-73(71)82-55-45-39-35-31-27-23-19-15-11-7-3)62-84-67-59-66(77-75(78)69-47-41-42-48-70(69)76(77)79)60-68(61-67)85-63-65-50-52-72(81-54-44-38-34-30-26-22-18-14-10-6-2)74(58-65)83-56-46-40-36-32-28-24-20-16-12-8-4/h41-42,47-52,57-61H,5-40,43-46,53-56,62-63H2,1-4H3. The van der Waals surface area contributed by atoms with Gasteiger partial charge in [-0.05, 0) is 73.2 Å². The van der Waals surface area contributed by atoms with Crippen LogP contribution in [0.25, 0.3) is 0 Å². The van der Waals surface area contributed by atoms with Gasteiger partial charge in [0.15, 0.2) is 23.0 Å². The molecule has 4 aromatic carbocycles. The third-order valence-corrected chi connectivity index (χ3v) is 16.8. The molecule has 0 bridgehead atoms. The Morgan fingerprint density at radius 1 is 0.282 bits per heavy atom. The molecule has 0 fully saturated rings. The second-order valence-corrected chi connectivity index (χ2v) is 24.4. The van der Waals surface area contributed by atoms with E-state index in [1.807, 2.05) is 42.5 Å². The Morgan fingerprint density at radius 2 is 0.553 bits per heavy atom. The number of anilines is 1. The molecule has 0 aromatic heterocycles. The van der Waals surface area contributed by atoms with Crippen molar-refractivity contribution in [2.45, 2.75) is 298 Å². The summed E-state index contributed by atoms with van der Waals surface area (Å²) < 4.78 is 39.0. The quantitative estimate of drug-likeness (QED) is 0.0319. The minimum Gasteiger partial charge on any atom is -0.490 e. The third-order valence-electron chi connectivity index (χ3n) is 16.8. The van der Waals surface area contributed by atoms with Crippen molar-refractivity contribution < 1.29 is 38.0 Å². The maximum atomic E-state index is 13.9. The maximum absolute atomic E-state index is 13.9. The number of benzene rings is 4. The molecule has 0 aliphatic carbocycles. The Balaban J connectivity index is 1.25. The zero-order valence-corrected chi connectivity index (χ0v) is 54.2. The fraction of sp³-hybridized carbons (Fsp3) is 0.658. The zero-order chi connectivity index (χ0) is 60.0. The van der Waals surface area contributed by atoms with Crippen molar-refractivity contribution in [3.8, 4) is 34.5 Å². The number of hydrogen-bond donors (Lipinski definition) is 0. The van der Waals surface area contributed by atoms with Crippen molar-refractivity contribution in [1.82, 2.24) is 0 Å². The highest BCUT2D eigenvalue weighted by Gasteiger charge is 2.37.